The predicted molar refractivity (Wildman–Crippen MR) is 72.2 cm³/mol. The summed E-state index contributed by atoms with van der Waals surface area (Å²) < 4.78 is 13.5. The summed E-state index contributed by atoms with van der Waals surface area (Å²) in [5, 5.41) is 12.9. The van der Waals surface area contributed by atoms with Crippen LogP contribution in [-0.2, 0) is 0 Å². The number of aliphatic hydroxyl groups excluding tert-OH is 1. The third-order valence-corrected chi connectivity index (χ3v) is 3.73. The molecule has 0 amide bonds. The first-order valence-corrected chi connectivity index (χ1v) is 6.83. The van der Waals surface area contributed by atoms with Crippen molar-refractivity contribution in [1.29, 1.82) is 0 Å². The second kappa shape index (κ2) is 6.19. The fourth-order valence-electron chi connectivity index (χ4n) is 2.72. The Balaban J connectivity index is 1.81. The van der Waals surface area contributed by atoms with Crippen molar-refractivity contribution in [1.82, 2.24) is 0 Å². The molecule has 1 fully saturated rings. The molecule has 1 aromatic rings. The van der Waals surface area contributed by atoms with Crippen molar-refractivity contribution >= 4 is 5.69 Å². The van der Waals surface area contributed by atoms with Crippen LogP contribution in [0.15, 0.2) is 18.2 Å². The first-order valence-electron chi connectivity index (χ1n) is 6.83. The summed E-state index contributed by atoms with van der Waals surface area (Å²) in [7, 11) is 0. The molecule has 0 aliphatic heterocycles. The number of aliphatic hydroxyl groups is 1. The van der Waals surface area contributed by atoms with Gasteiger partial charge in [0, 0.05) is 6.54 Å². The minimum atomic E-state index is -0.381. The van der Waals surface area contributed by atoms with Gasteiger partial charge in [-0.1, -0.05) is 31.7 Å². The highest BCUT2D eigenvalue weighted by molar-refractivity contribution is 5.47. The van der Waals surface area contributed by atoms with Gasteiger partial charge in [-0.3, -0.25) is 0 Å². The van der Waals surface area contributed by atoms with Crippen molar-refractivity contribution in [2.75, 3.05) is 11.9 Å². The number of hydrogen-bond donors (Lipinski definition) is 2. The average molecular weight is 251 g/mol. The maximum absolute atomic E-state index is 13.5. The first-order chi connectivity index (χ1) is 8.65. The van der Waals surface area contributed by atoms with E-state index in [9.17, 15) is 9.50 Å². The molecule has 3 heteroatoms. The number of halogens is 1. The van der Waals surface area contributed by atoms with Crippen LogP contribution in [0.3, 0.4) is 0 Å². The van der Waals surface area contributed by atoms with Gasteiger partial charge in [0.05, 0.1) is 11.8 Å². The van der Waals surface area contributed by atoms with Crippen molar-refractivity contribution in [2.24, 2.45) is 5.92 Å². The van der Waals surface area contributed by atoms with Crippen LogP contribution in [0.5, 0.6) is 0 Å². The van der Waals surface area contributed by atoms with Crippen molar-refractivity contribution in [3.63, 3.8) is 0 Å². The van der Waals surface area contributed by atoms with Crippen LogP contribution in [-0.4, -0.2) is 17.8 Å². The Bertz CT molecular complexity index is 388. The molecule has 0 aromatic heterocycles. The lowest BCUT2D eigenvalue weighted by Crippen LogP contribution is -2.22. The Kier molecular flexibility index (Phi) is 4.59. The molecule has 0 radical (unpaired) electrons. The van der Waals surface area contributed by atoms with Crippen LogP contribution in [0.25, 0.3) is 0 Å². The topological polar surface area (TPSA) is 32.3 Å². The van der Waals surface area contributed by atoms with E-state index in [0.29, 0.717) is 18.2 Å². The van der Waals surface area contributed by atoms with Crippen molar-refractivity contribution in [3.8, 4) is 0 Å². The lowest BCUT2D eigenvalue weighted by molar-refractivity contribution is 0.155. The highest BCUT2D eigenvalue weighted by Crippen LogP contribution is 2.28. The Hall–Kier alpha value is -1.09. The third kappa shape index (κ3) is 3.70. The minimum Gasteiger partial charge on any atom is -0.391 e. The van der Waals surface area contributed by atoms with Gasteiger partial charge in [-0.05, 0) is 37.0 Å². The van der Waals surface area contributed by atoms with Crippen molar-refractivity contribution in [2.45, 2.75) is 45.1 Å². The summed E-state index contributed by atoms with van der Waals surface area (Å²) in [6.07, 6.45) is 5.49. The van der Waals surface area contributed by atoms with E-state index in [1.807, 2.05) is 6.92 Å². The van der Waals surface area contributed by atoms with Gasteiger partial charge < -0.3 is 10.4 Å². The molecule has 2 N–H and O–H groups in total. The zero-order valence-corrected chi connectivity index (χ0v) is 11.0. The SMILES string of the molecule is Cc1ccc(F)c(NCC(O)CC2CCCC2)c1. The monoisotopic (exact) mass is 251 g/mol. The van der Waals surface area contributed by atoms with E-state index < -0.39 is 0 Å². The van der Waals surface area contributed by atoms with Crippen LogP contribution in [0.4, 0.5) is 10.1 Å². The van der Waals surface area contributed by atoms with Gasteiger partial charge >= 0.3 is 0 Å². The van der Waals surface area contributed by atoms with E-state index in [1.165, 1.54) is 31.7 Å². The fraction of sp³-hybridized carbons (Fsp3) is 0.600. The van der Waals surface area contributed by atoms with Gasteiger partial charge in [0.1, 0.15) is 5.82 Å². The molecule has 0 bridgehead atoms. The molecule has 1 aliphatic carbocycles. The van der Waals surface area contributed by atoms with Gasteiger partial charge in [-0.25, -0.2) is 4.39 Å². The molecule has 2 rings (SSSR count). The maximum Gasteiger partial charge on any atom is 0.146 e. The molecule has 1 atom stereocenters. The van der Waals surface area contributed by atoms with Gasteiger partial charge in [0.25, 0.3) is 0 Å². The second-order valence-electron chi connectivity index (χ2n) is 5.40. The molecule has 0 saturated heterocycles. The van der Waals surface area contributed by atoms with E-state index in [-0.39, 0.29) is 11.9 Å². The standard InChI is InChI=1S/C15H22FNO/c1-11-6-7-14(16)15(8-11)17-10-13(18)9-12-4-2-3-5-12/h6-8,12-13,17-18H,2-5,9-10H2,1H3. The lowest BCUT2D eigenvalue weighted by Gasteiger charge is -2.17. The Labute approximate surface area is 108 Å². The van der Waals surface area contributed by atoms with Gasteiger partial charge in [-0.15, -0.1) is 0 Å². The third-order valence-electron chi connectivity index (χ3n) is 3.73. The molecule has 100 valence electrons. The summed E-state index contributed by atoms with van der Waals surface area (Å²) >= 11 is 0. The highest BCUT2D eigenvalue weighted by atomic mass is 19.1. The summed E-state index contributed by atoms with van der Waals surface area (Å²) in [5.74, 6) is 0.401. The highest BCUT2D eigenvalue weighted by Gasteiger charge is 2.18. The number of anilines is 1. The molecule has 1 aromatic carbocycles. The number of hydrogen-bond acceptors (Lipinski definition) is 2. The normalized spacial score (nSPS) is 17.9. The van der Waals surface area contributed by atoms with Crippen LogP contribution in [0, 0.1) is 18.7 Å². The first kappa shape index (κ1) is 13.3. The predicted octanol–water partition coefficient (Wildman–Crippen LogP) is 3.49. The van der Waals surface area contributed by atoms with E-state index in [1.54, 1.807) is 12.1 Å². The van der Waals surface area contributed by atoms with Crippen LogP contribution in [0.1, 0.15) is 37.7 Å². The molecule has 1 saturated carbocycles. The van der Waals surface area contributed by atoms with Gasteiger partial charge in [0.2, 0.25) is 0 Å². The second-order valence-corrected chi connectivity index (χ2v) is 5.40. The summed E-state index contributed by atoms with van der Waals surface area (Å²) in [5.41, 5.74) is 1.50. The number of benzene rings is 1. The summed E-state index contributed by atoms with van der Waals surface area (Å²) in [6, 6.07) is 4.98. The molecule has 1 unspecified atom stereocenters. The summed E-state index contributed by atoms with van der Waals surface area (Å²) in [6.45, 7) is 2.36. The van der Waals surface area contributed by atoms with Crippen molar-refractivity contribution < 1.29 is 9.50 Å². The number of rotatable bonds is 5. The Morgan fingerprint density at radius 3 is 2.83 bits per heavy atom. The lowest BCUT2D eigenvalue weighted by atomic mass is 10.00. The van der Waals surface area contributed by atoms with Crippen LogP contribution < -0.4 is 5.32 Å². The summed E-state index contributed by atoms with van der Waals surface area (Å²) in [4.78, 5) is 0. The van der Waals surface area contributed by atoms with E-state index >= 15 is 0 Å². The van der Waals surface area contributed by atoms with E-state index in [4.69, 9.17) is 0 Å². The minimum absolute atomic E-state index is 0.256. The Morgan fingerprint density at radius 2 is 2.11 bits per heavy atom. The zero-order chi connectivity index (χ0) is 13.0. The molecular formula is C15H22FNO. The number of nitrogens with one attached hydrogen (secondary N) is 1. The van der Waals surface area contributed by atoms with Gasteiger partial charge in [0.15, 0.2) is 0 Å². The van der Waals surface area contributed by atoms with Crippen LogP contribution in [0.2, 0.25) is 0 Å². The number of aryl methyl sites for hydroxylation is 1. The smallest absolute Gasteiger partial charge is 0.146 e. The molecule has 0 spiro atoms. The molecule has 0 heterocycles. The fourth-order valence-corrected chi connectivity index (χ4v) is 2.72. The molecule has 2 nitrogen and oxygen atoms in total. The van der Waals surface area contributed by atoms with Gasteiger partial charge in [-0.2, -0.15) is 0 Å². The molecular weight excluding hydrogens is 229 g/mol. The van der Waals surface area contributed by atoms with Crippen LogP contribution >= 0.6 is 0 Å². The Morgan fingerprint density at radius 1 is 1.39 bits per heavy atom. The van der Waals surface area contributed by atoms with Crippen molar-refractivity contribution in [3.05, 3.63) is 29.6 Å². The molecule has 1 aliphatic rings. The average Bonchev–Trinajstić information content (AvgIpc) is 2.83. The molecule has 18 heavy (non-hydrogen) atoms. The maximum atomic E-state index is 13.5. The zero-order valence-electron chi connectivity index (χ0n) is 11.0. The quantitative estimate of drug-likeness (QED) is 0.839. The largest absolute Gasteiger partial charge is 0.391 e. The van der Waals surface area contributed by atoms with E-state index in [2.05, 4.69) is 5.32 Å². The van der Waals surface area contributed by atoms with E-state index in [0.717, 1.165) is 12.0 Å².